The van der Waals surface area contributed by atoms with Gasteiger partial charge in [0.05, 0.1) is 16.8 Å². The van der Waals surface area contributed by atoms with E-state index < -0.39 is 0 Å². The van der Waals surface area contributed by atoms with E-state index in [1.54, 1.807) is 36.2 Å². The quantitative estimate of drug-likeness (QED) is 0.233. The van der Waals surface area contributed by atoms with Crippen LogP contribution in [0.15, 0.2) is 48.5 Å². The summed E-state index contributed by atoms with van der Waals surface area (Å²) in [5, 5.41) is 0.668. The Hall–Kier alpha value is -2.59. The first kappa shape index (κ1) is 22.6. The van der Waals surface area contributed by atoms with Crippen molar-refractivity contribution in [1.29, 1.82) is 0 Å². The van der Waals surface area contributed by atoms with Crippen LogP contribution in [0.4, 0.5) is 5.13 Å². The summed E-state index contributed by atoms with van der Waals surface area (Å²) in [6.45, 7) is 2.35. The summed E-state index contributed by atoms with van der Waals surface area (Å²) in [6.07, 6.45) is 2.33. The third kappa shape index (κ3) is 4.47. The van der Waals surface area contributed by atoms with Crippen molar-refractivity contribution in [3.05, 3.63) is 79.4 Å². The van der Waals surface area contributed by atoms with Gasteiger partial charge in [-0.15, -0.1) is 11.3 Å². The van der Waals surface area contributed by atoms with Gasteiger partial charge in [-0.05, 0) is 79.1 Å². The molecule has 4 rings (SSSR count). The number of aromatic nitrogens is 1. The third-order valence-corrected chi connectivity index (χ3v) is 7.42. The molecule has 0 bridgehead atoms. The second-order valence-corrected chi connectivity index (χ2v) is 9.95. The van der Waals surface area contributed by atoms with Gasteiger partial charge in [0.15, 0.2) is 5.13 Å². The van der Waals surface area contributed by atoms with Gasteiger partial charge in [-0.3, -0.25) is 24.2 Å². The van der Waals surface area contributed by atoms with Crippen molar-refractivity contribution in [1.82, 2.24) is 9.88 Å². The van der Waals surface area contributed by atoms with Crippen molar-refractivity contribution in [2.45, 2.75) is 26.2 Å². The van der Waals surface area contributed by atoms with E-state index in [4.69, 9.17) is 0 Å². The Morgan fingerprint density at radius 3 is 2.41 bits per heavy atom. The molecule has 0 atom stereocenters. The molecule has 2 aromatic carbocycles. The summed E-state index contributed by atoms with van der Waals surface area (Å²) in [5.74, 6) is -0.510. The van der Waals surface area contributed by atoms with Gasteiger partial charge in [-0.2, -0.15) is 0 Å². The van der Waals surface area contributed by atoms with Gasteiger partial charge in [-0.1, -0.05) is 18.2 Å². The van der Waals surface area contributed by atoms with E-state index in [1.165, 1.54) is 16.2 Å². The molecule has 0 unspecified atom stereocenters. The largest absolute Gasteiger partial charge is 0.287 e. The van der Waals surface area contributed by atoms with E-state index in [-0.39, 0.29) is 17.7 Å². The smallest absolute Gasteiger partial charge is 0.261 e. The SMILES string of the molecule is Cc1nc(N(C)C(=O)c2cccc(I)c2)sc1CCCCN1C(=O)c2ccccc2C1=O. The Kier molecular flexibility index (Phi) is 6.71. The minimum absolute atomic E-state index is 0.0885. The fourth-order valence-electron chi connectivity index (χ4n) is 3.69. The second kappa shape index (κ2) is 9.50. The van der Waals surface area contributed by atoms with Crippen LogP contribution in [0.3, 0.4) is 0 Å². The number of benzene rings is 2. The number of unbranched alkanes of at least 4 members (excludes halogenated alkanes) is 1. The first-order valence-electron chi connectivity index (χ1n) is 10.3. The second-order valence-electron chi connectivity index (χ2n) is 7.64. The molecule has 1 aliphatic rings. The molecule has 8 heteroatoms. The lowest BCUT2D eigenvalue weighted by Crippen LogP contribution is -2.30. The van der Waals surface area contributed by atoms with Gasteiger partial charge in [0.2, 0.25) is 0 Å². The van der Waals surface area contributed by atoms with Gasteiger partial charge in [-0.25, -0.2) is 4.98 Å². The van der Waals surface area contributed by atoms with Crippen LogP contribution in [0.5, 0.6) is 0 Å². The number of hydrogen-bond acceptors (Lipinski definition) is 5. The normalized spacial score (nSPS) is 12.9. The van der Waals surface area contributed by atoms with Crippen molar-refractivity contribution < 1.29 is 14.4 Å². The van der Waals surface area contributed by atoms with E-state index in [9.17, 15) is 14.4 Å². The molecule has 2 heterocycles. The summed E-state index contributed by atoms with van der Waals surface area (Å²) in [6, 6.07) is 14.4. The molecule has 0 saturated heterocycles. The molecule has 164 valence electrons. The van der Waals surface area contributed by atoms with Crippen LogP contribution in [0.2, 0.25) is 0 Å². The van der Waals surface area contributed by atoms with E-state index in [0.717, 1.165) is 33.4 Å². The lowest BCUT2D eigenvalue weighted by atomic mass is 10.1. The number of thiazole rings is 1. The highest BCUT2D eigenvalue weighted by molar-refractivity contribution is 14.1. The van der Waals surface area contributed by atoms with Crippen molar-refractivity contribution in [3.63, 3.8) is 0 Å². The Morgan fingerprint density at radius 2 is 1.75 bits per heavy atom. The lowest BCUT2D eigenvalue weighted by Gasteiger charge is -2.14. The fourth-order valence-corrected chi connectivity index (χ4v) is 5.29. The highest BCUT2D eigenvalue weighted by Crippen LogP contribution is 2.28. The molecule has 1 aliphatic heterocycles. The predicted molar refractivity (Wildman–Crippen MR) is 133 cm³/mol. The number of carbonyl (C=O) groups is 3. The van der Waals surface area contributed by atoms with Gasteiger partial charge < -0.3 is 0 Å². The van der Waals surface area contributed by atoms with Gasteiger partial charge >= 0.3 is 0 Å². The number of hydrogen-bond donors (Lipinski definition) is 0. The number of imide groups is 1. The minimum atomic E-state index is -0.211. The fraction of sp³-hybridized carbons (Fsp3) is 0.250. The lowest BCUT2D eigenvalue weighted by molar-refractivity contribution is 0.0651. The molecule has 0 spiro atoms. The Morgan fingerprint density at radius 1 is 1.06 bits per heavy atom. The maximum atomic E-state index is 12.8. The Balaban J connectivity index is 1.34. The maximum absolute atomic E-state index is 12.8. The summed E-state index contributed by atoms with van der Waals surface area (Å²) in [5.41, 5.74) is 2.52. The standard InChI is InChI=1S/C24H22IN3O3S/c1-15-20(32-24(26-15)27(2)21(29)16-8-7-9-17(25)14-16)12-5-6-13-28-22(30)18-10-3-4-11-19(18)23(28)31/h3-4,7-11,14H,5-6,12-13H2,1-2H3. The van der Waals surface area contributed by atoms with Crippen LogP contribution < -0.4 is 4.90 Å². The summed E-state index contributed by atoms with van der Waals surface area (Å²) < 4.78 is 1.01. The topological polar surface area (TPSA) is 70.6 Å². The number of aryl methyl sites for hydroxylation is 2. The van der Waals surface area contributed by atoms with E-state index in [2.05, 4.69) is 27.6 Å². The Bertz CT molecular complexity index is 1170. The zero-order valence-corrected chi connectivity index (χ0v) is 20.8. The van der Waals surface area contributed by atoms with Gasteiger partial charge in [0.25, 0.3) is 17.7 Å². The Labute approximate surface area is 204 Å². The van der Waals surface area contributed by atoms with E-state index in [1.807, 2.05) is 31.2 Å². The molecule has 0 saturated carbocycles. The highest BCUT2D eigenvalue weighted by atomic mass is 127. The monoisotopic (exact) mass is 559 g/mol. The predicted octanol–water partition coefficient (Wildman–Crippen LogP) is 4.95. The number of carbonyl (C=O) groups excluding carboxylic acids is 3. The van der Waals surface area contributed by atoms with E-state index >= 15 is 0 Å². The van der Waals surface area contributed by atoms with Crippen LogP contribution >= 0.6 is 33.9 Å². The number of anilines is 1. The number of rotatable bonds is 7. The number of nitrogens with zero attached hydrogens (tertiary/aromatic N) is 3. The molecule has 3 aromatic rings. The number of amides is 3. The van der Waals surface area contributed by atoms with Crippen LogP contribution in [-0.2, 0) is 6.42 Å². The summed E-state index contributed by atoms with van der Waals surface area (Å²) in [7, 11) is 1.74. The first-order chi connectivity index (χ1) is 15.4. The zero-order valence-electron chi connectivity index (χ0n) is 17.8. The molecular formula is C24H22IN3O3S. The molecule has 6 nitrogen and oxygen atoms in total. The highest BCUT2D eigenvalue weighted by Gasteiger charge is 2.34. The van der Waals surface area contributed by atoms with Crippen molar-refractivity contribution in [3.8, 4) is 0 Å². The average molecular weight is 559 g/mol. The molecule has 0 fully saturated rings. The van der Waals surface area contributed by atoms with Gasteiger partial charge in [0, 0.05) is 27.6 Å². The number of fused-ring (bicyclic) bond motifs is 1. The summed E-state index contributed by atoms with van der Waals surface area (Å²) in [4.78, 5) is 46.4. The molecule has 3 amide bonds. The average Bonchev–Trinajstić information content (AvgIpc) is 3.28. The van der Waals surface area contributed by atoms with Crippen LogP contribution in [0.1, 0.15) is 54.5 Å². The molecule has 1 aromatic heterocycles. The van der Waals surface area contributed by atoms with Crippen molar-refractivity contribution in [2.75, 3.05) is 18.5 Å². The maximum Gasteiger partial charge on any atom is 0.261 e. The van der Waals surface area contributed by atoms with Crippen LogP contribution in [-0.4, -0.2) is 41.2 Å². The van der Waals surface area contributed by atoms with Crippen LogP contribution in [0, 0.1) is 10.5 Å². The molecule has 32 heavy (non-hydrogen) atoms. The molecule has 0 radical (unpaired) electrons. The first-order valence-corrected chi connectivity index (χ1v) is 12.2. The number of halogens is 1. The van der Waals surface area contributed by atoms with E-state index in [0.29, 0.717) is 28.4 Å². The molecular weight excluding hydrogens is 537 g/mol. The zero-order chi connectivity index (χ0) is 22.8. The molecule has 0 N–H and O–H groups in total. The van der Waals surface area contributed by atoms with Crippen molar-refractivity contribution >= 4 is 56.8 Å². The van der Waals surface area contributed by atoms with Crippen LogP contribution in [0.25, 0.3) is 0 Å². The minimum Gasteiger partial charge on any atom is -0.287 e. The van der Waals surface area contributed by atoms with Crippen molar-refractivity contribution in [2.24, 2.45) is 0 Å². The molecule has 0 aliphatic carbocycles. The van der Waals surface area contributed by atoms with Gasteiger partial charge in [0.1, 0.15) is 0 Å². The summed E-state index contributed by atoms with van der Waals surface area (Å²) >= 11 is 3.71. The third-order valence-electron chi connectivity index (χ3n) is 5.46.